The van der Waals surface area contributed by atoms with Gasteiger partial charge in [0.2, 0.25) is 5.89 Å². The van der Waals surface area contributed by atoms with Crippen molar-refractivity contribution in [1.29, 1.82) is 0 Å². The molecule has 10 heteroatoms. The number of hydrogen-bond donors (Lipinski definition) is 1. The highest BCUT2D eigenvalue weighted by atomic mass is 16.5. The topological polar surface area (TPSA) is 122 Å². The number of benzene rings is 4. The van der Waals surface area contributed by atoms with Crippen molar-refractivity contribution in [2.45, 2.75) is 5.54 Å². The third kappa shape index (κ3) is 4.43. The van der Waals surface area contributed by atoms with Gasteiger partial charge in [-0.15, -0.1) is 0 Å². The Hall–Kier alpha value is -7.59. The molecule has 0 radical (unpaired) electrons. The number of pyridine rings is 2. The molecular weight excluding hydrogens is 675 g/mol. The lowest BCUT2D eigenvalue weighted by molar-refractivity contribution is 0.416. The fourth-order valence-corrected chi connectivity index (χ4v) is 7.72. The number of furan rings is 1. The fraction of sp³-hybridized carbons (Fsp3) is 0.0227. The molecule has 0 spiro atoms. The van der Waals surface area contributed by atoms with E-state index in [1.165, 1.54) is 0 Å². The second kappa shape index (κ2) is 11.7. The number of aromatic amines is 1. The summed E-state index contributed by atoms with van der Waals surface area (Å²) in [6.45, 7) is 0. The van der Waals surface area contributed by atoms with Crippen LogP contribution in [0.25, 0.3) is 54.9 Å². The molecule has 1 aliphatic heterocycles. The summed E-state index contributed by atoms with van der Waals surface area (Å²) in [5.74, 6) is 1.45. The Labute approximate surface area is 306 Å². The molecule has 7 heterocycles. The largest absolute Gasteiger partial charge is 0.458 e. The molecule has 1 N–H and O–H groups in total. The molecule has 0 aliphatic carbocycles. The van der Waals surface area contributed by atoms with Crippen LogP contribution in [0.1, 0.15) is 28.7 Å². The van der Waals surface area contributed by atoms with Crippen molar-refractivity contribution in [3.05, 3.63) is 187 Å². The first-order chi connectivity index (χ1) is 26.8. The molecule has 0 saturated carbocycles. The number of rotatable bonds is 6. The Morgan fingerprint density at radius 1 is 0.667 bits per heavy atom. The molecule has 1 aliphatic rings. The van der Waals surface area contributed by atoms with Gasteiger partial charge in [0.25, 0.3) is 0 Å². The molecule has 4 aromatic carbocycles. The van der Waals surface area contributed by atoms with Gasteiger partial charge in [-0.1, -0.05) is 84.0 Å². The van der Waals surface area contributed by atoms with Crippen molar-refractivity contribution in [2.24, 2.45) is 4.99 Å². The maximum Gasteiger partial charge on any atom is 0.247 e. The highest BCUT2D eigenvalue weighted by molar-refractivity contribution is 6.20. The van der Waals surface area contributed by atoms with Crippen molar-refractivity contribution >= 4 is 66.5 Å². The van der Waals surface area contributed by atoms with Crippen LogP contribution in [0.2, 0.25) is 0 Å². The van der Waals surface area contributed by atoms with Crippen LogP contribution in [0, 0.1) is 0 Å². The summed E-state index contributed by atoms with van der Waals surface area (Å²) in [4.78, 5) is 26.7. The van der Waals surface area contributed by atoms with Gasteiger partial charge in [0.05, 0.1) is 23.1 Å². The molecule has 0 bridgehead atoms. The number of oxazole rings is 1. The first kappa shape index (κ1) is 30.1. The van der Waals surface area contributed by atoms with Gasteiger partial charge in [-0.3, -0.25) is 9.88 Å². The molecule has 54 heavy (non-hydrogen) atoms. The fourth-order valence-electron chi connectivity index (χ4n) is 7.72. The first-order valence-corrected chi connectivity index (χ1v) is 17.5. The Morgan fingerprint density at radius 3 is 2.31 bits per heavy atom. The maximum absolute atomic E-state index is 7.02. The van der Waals surface area contributed by atoms with Gasteiger partial charge in [0.15, 0.2) is 11.2 Å². The number of hydrogen-bond acceptors (Lipinski definition) is 9. The van der Waals surface area contributed by atoms with Crippen LogP contribution in [-0.2, 0) is 5.54 Å². The Balaban J connectivity index is 1.38. The lowest BCUT2D eigenvalue weighted by atomic mass is 9.79. The molecule has 1 atom stereocenters. The van der Waals surface area contributed by atoms with E-state index in [1.807, 2.05) is 85.1 Å². The van der Waals surface area contributed by atoms with Crippen LogP contribution in [0.15, 0.2) is 177 Å². The zero-order valence-corrected chi connectivity index (χ0v) is 28.4. The minimum absolute atomic E-state index is 0.293. The van der Waals surface area contributed by atoms with Gasteiger partial charge in [-0.25, -0.2) is 15.0 Å². The van der Waals surface area contributed by atoms with E-state index in [9.17, 15) is 0 Å². The zero-order chi connectivity index (χ0) is 35.6. The van der Waals surface area contributed by atoms with Crippen molar-refractivity contribution in [3.8, 4) is 0 Å². The number of nitrogens with zero attached hydrogens (tertiary/aromatic N) is 6. The molecule has 1 unspecified atom stereocenters. The molecule has 11 rings (SSSR count). The van der Waals surface area contributed by atoms with Crippen LogP contribution in [-0.4, -0.2) is 30.8 Å². The van der Waals surface area contributed by atoms with Gasteiger partial charge < -0.3 is 18.3 Å². The lowest BCUT2D eigenvalue weighted by Crippen LogP contribution is -2.55. The maximum atomic E-state index is 7.02. The van der Waals surface area contributed by atoms with Gasteiger partial charge in [-0.05, 0) is 59.3 Å². The highest BCUT2D eigenvalue weighted by Gasteiger charge is 2.56. The third-order valence-electron chi connectivity index (χ3n) is 10.1. The molecule has 0 saturated heterocycles. The summed E-state index contributed by atoms with van der Waals surface area (Å²) in [6, 6.07) is 44.5. The van der Waals surface area contributed by atoms with Crippen molar-refractivity contribution in [2.75, 3.05) is 4.90 Å². The smallest absolute Gasteiger partial charge is 0.247 e. The summed E-state index contributed by atoms with van der Waals surface area (Å²) in [5.41, 5.74) is 4.44. The van der Waals surface area contributed by atoms with Crippen LogP contribution in [0.4, 0.5) is 5.82 Å². The molecule has 256 valence electrons. The minimum Gasteiger partial charge on any atom is -0.458 e. The number of anilines is 1. The molecule has 0 fully saturated rings. The van der Waals surface area contributed by atoms with Gasteiger partial charge in [-0.2, -0.15) is 0 Å². The van der Waals surface area contributed by atoms with E-state index in [1.54, 1.807) is 24.8 Å². The number of H-pyrrole nitrogens is 1. The summed E-state index contributed by atoms with van der Waals surface area (Å²) < 4.78 is 18.7. The number of nitrogens with one attached hydrogen (secondary N) is 1. The van der Waals surface area contributed by atoms with E-state index < -0.39 is 5.54 Å². The Morgan fingerprint density at radius 2 is 1.48 bits per heavy atom. The van der Waals surface area contributed by atoms with Gasteiger partial charge in [0, 0.05) is 33.9 Å². The summed E-state index contributed by atoms with van der Waals surface area (Å²) in [5, 5.41) is 9.35. The Bertz CT molecular complexity index is 2940. The van der Waals surface area contributed by atoms with Gasteiger partial charge >= 0.3 is 0 Å². The highest BCUT2D eigenvalue weighted by Crippen LogP contribution is 2.53. The monoisotopic (exact) mass is 701 g/mol. The number of aliphatic imine (C=N–C) groups is 1. The Kier molecular flexibility index (Phi) is 6.53. The minimum atomic E-state index is -1.41. The van der Waals surface area contributed by atoms with Crippen molar-refractivity contribution in [3.63, 3.8) is 0 Å². The zero-order valence-electron chi connectivity index (χ0n) is 28.4. The summed E-state index contributed by atoms with van der Waals surface area (Å²) >= 11 is 0. The lowest BCUT2D eigenvalue weighted by Gasteiger charge is -2.46. The van der Waals surface area contributed by atoms with Gasteiger partial charge in [0.1, 0.15) is 46.8 Å². The van der Waals surface area contributed by atoms with E-state index in [0.29, 0.717) is 51.5 Å². The van der Waals surface area contributed by atoms with E-state index in [-0.39, 0.29) is 0 Å². The first-order valence-electron chi connectivity index (χ1n) is 17.5. The molecular formula is C44H27N7O3. The SMILES string of the molecule is c1ccc2nc(N3C(c4nccc5ccccc45)=C(c4ncco4)N=C(c4ccon4)C3(c3cc4ccccc4[nH]3)c3cc4ccccc4o3)ccc2c1. The van der Waals surface area contributed by atoms with Crippen LogP contribution in [0.3, 0.4) is 0 Å². The average molecular weight is 702 g/mol. The summed E-state index contributed by atoms with van der Waals surface area (Å²) in [7, 11) is 0. The quantitative estimate of drug-likeness (QED) is 0.182. The normalized spacial score (nSPS) is 16.2. The van der Waals surface area contributed by atoms with E-state index in [2.05, 4.69) is 68.6 Å². The number of para-hydroxylation sites is 3. The standard InChI is InChI=1S/C44H27N7O3/c1-5-13-31-27(9-1)19-21-45-39(31)41-40(43-46-22-24-52-43)49-42(34-20-23-53-50-34)44(36-25-29-11-3-7-15-33(29)47-36,37-26-30-12-4-8-16-35(30)54-37)51(41)38-18-17-28-10-2-6-14-32(28)48-38/h1-26,47H. The second-order valence-corrected chi connectivity index (χ2v) is 13.1. The van der Waals surface area contributed by atoms with E-state index >= 15 is 0 Å². The third-order valence-corrected chi connectivity index (χ3v) is 10.1. The van der Waals surface area contributed by atoms with Crippen molar-refractivity contribution < 1.29 is 13.4 Å². The van der Waals surface area contributed by atoms with Crippen LogP contribution in [0.5, 0.6) is 0 Å². The summed E-state index contributed by atoms with van der Waals surface area (Å²) in [6.07, 6.45) is 6.51. The second-order valence-electron chi connectivity index (χ2n) is 13.1. The predicted octanol–water partition coefficient (Wildman–Crippen LogP) is 9.77. The number of aromatic nitrogens is 5. The van der Waals surface area contributed by atoms with E-state index in [0.717, 1.165) is 43.7 Å². The predicted molar refractivity (Wildman–Crippen MR) is 208 cm³/mol. The molecule has 0 amide bonds. The van der Waals surface area contributed by atoms with Crippen LogP contribution < -0.4 is 4.90 Å². The van der Waals surface area contributed by atoms with Crippen LogP contribution >= 0.6 is 0 Å². The average Bonchev–Trinajstić information content (AvgIpc) is 4.07. The number of fused-ring (bicyclic) bond motifs is 4. The molecule has 6 aromatic heterocycles. The van der Waals surface area contributed by atoms with Crippen molar-refractivity contribution in [1.82, 2.24) is 25.1 Å². The molecule has 10 nitrogen and oxygen atoms in total. The van der Waals surface area contributed by atoms with E-state index in [4.69, 9.17) is 28.3 Å². The molecule has 10 aromatic rings.